The second-order valence-corrected chi connectivity index (χ2v) is 8.60. The van der Waals surface area contributed by atoms with Crippen LogP contribution in [0.5, 0.6) is 0 Å². The molecule has 32 heavy (non-hydrogen) atoms. The third-order valence-corrected chi connectivity index (χ3v) is 6.10. The van der Waals surface area contributed by atoms with E-state index in [-0.39, 0.29) is 12.5 Å². The smallest absolute Gasteiger partial charge is 0.407 e. The molecule has 2 amide bonds. The van der Waals surface area contributed by atoms with E-state index in [1.54, 1.807) is 11.8 Å². The molecule has 8 heteroatoms. The molecule has 0 fully saturated rings. The maximum Gasteiger partial charge on any atom is 0.407 e. The lowest BCUT2D eigenvalue weighted by Gasteiger charge is -2.18. The quantitative estimate of drug-likeness (QED) is 0.446. The lowest BCUT2D eigenvalue weighted by atomic mass is 9.98. The summed E-state index contributed by atoms with van der Waals surface area (Å²) in [7, 11) is 0. The summed E-state index contributed by atoms with van der Waals surface area (Å²) in [5, 5.41) is 14.2. The average molecular weight is 457 g/mol. The highest BCUT2D eigenvalue weighted by molar-refractivity contribution is 7.98. The molecule has 1 aliphatic carbocycles. The van der Waals surface area contributed by atoms with E-state index < -0.39 is 30.4 Å². The number of rotatable bonds is 11. The van der Waals surface area contributed by atoms with Gasteiger partial charge in [-0.3, -0.25) is 9.59 Å². The summed E-state index contributed by atoms with van der Waals surface area (Å²) >= 11 is 1.73. The predicted molar refractivity (Wildman–Crippen MR) is 125 cm³/mol. The van der Waals surface area contributed by atoms with E-state index in [1.807, 2.05) is 54.8 Å². The molecule has 0 bridgehead atoms. The van der Waals surface area contributed by atoms with Crippen LogP contribution in [0.1, 0.15) is 36.3 Å². The number of aliphatic carboxylic acids is 1. The number of carbonyl (C=O) groups excluding carboxylic acids is 2. The topological polar surface area (TPSA) is 105 Å². The Labute approximate surface area is 191 Å². The molecule has 0 aromatic heterocycles. The van der Waals surface area contributed by atoms with Crippen LogP contribution in [-0.2, 0) is 14.3 Å². The van der Waals surface area contributed by atoms with Crippen molar-refractivity contribution in [3.05, 3.63) is 59.7 Å². The molecule has 1 atom stereocenters. The molecule has 3 N–H and O–H groups in total. The van der Waals surface area contributed by atoms with Gasteiger partial charge in [0.2, 0.25) is 5.91 Å². The number of hydrogen-bond donors (Lipinski definition) is 3. The Morgan fingerprint density at radius 3 is 2.25 bits per heavy atom. The van der Waals surface area contributed by atoms with Gasteiger partial charge in [-0.15, -0.1) is 0 Å². The molecule has 0 saturated heterocycles. The van der Waals surface area contributed by atoms with Crippen molar-refractivity contribution in [3.63, 3.8) is 0 Å². The molecule has 0 spiro atoms. The molecular weight excluding hydrogens is 428 g/mol. The van der Waals surface area contributed by atoms with Crippen LogP contribution >= 0.6 is 11.8 Å². The molecule has 0 aliphatic heterocycles. The fourth-order valence-electron chi connectivity index (χ4n) is 3.87. The molecule has 7 nitrogen and oxygen atoms in total. The molecule has 170 valence electrons. The third-order valence-electron chi connectivity index (χ3n) is 5.41. The summed E-state index contributed by atoms with van der Waals surface area (Å²) in [4.78, 5) is 36.0. The van der Waals surface area contributed by atoms with Crippen molar-refractivity contribution in [2.24, 2.45) is 0 Å². The average Bonchev–Trinajstić information content (AvgIpc) is 3.10. The van der Waals surface area contributed by atoms with E-state index in [9.17, 15) is 14.4 Å². The minimum absolute atomic E-state index is 0.0932. The monoisotopic (exact) mass is 456 g/mol. The van der Waals surface area contributed by atoms with E-state index >= 15 is 0 Å². The molecular formula is C24H28N2O5S. The minimum Gasteiger partial charge on any atom is -0.481 e. The number of nitrogens with one attached hydrogen (secondary N) is 2. The maximum absolute atomic E-state index is 12.4. The van der Waals surface area contributed by atoms with E-state index in [0.717, 1.165) is 40.8 Å². The number of hydrogen-bond acceptors (Lipinski definition) is 5. The van der Waals surface area contributed by atoms with E-state index in [4.69, 9.17) is 9.84 Å². The summed E-state index contributed by atoms with van der Waals surface area (Å²) in [6.45, 7) is 0.526. The van der Waals surface area contributed by atoms with Crippen molar-refractivity contribution >= 4 is 29.7 Å². The Morgan fingerprint density at radius 1 is 1.03 bits per heavy atom. The van der Waals surface area contributed by atoms with Gasteiger partial charge in [0.1, 0.15) is 12.6 Å². The maximum atomic E-state index is 12.4. The first-order chi connectivity index (χ1) is 15.5. The lowest BCUT2D eigenvalue weighted by molar-refractivity contribution is -0.139. The van der Waals surface area contributed by atoms with Crippen LogP contribution in [-0.4, -0.2) is 54.3 Å². The zero-order valence-electron chi connectivity index (χ0n) is 18.0. The highest BCUT2D eigenvalue weighted by Gasteiger charge is 2.30. The van der Waals surface area contributed by atoms with Gasteiger partial charge in [0.05, 0.1) is 6.42 Å². The van der Waals surface area contributed by atoms with Gasteiger partial charge >= 0.3 is 12.1 Å². The molecule has 1 unspecified atom stereocenters. The Kier molecular flexibility index (Phi) is 8.56. The Hall–Kier alpha value is -3.00. The molecule has 1 aliphatic rings. The summed E-state index contributed by atoms with van der Waals surface area (Å²) in [5.74, 6) is -0.820. The highest BCUT2D eigenvalue weighted by Crippen LogP contribution is 2.44. The van der Waals surface area contributed by atoms with Crippen molar-refractivity contribution in [2.75, 3.05) is 25.2 Å². The number of carboxylic acid groups (broad SMARTS) is 1. The number of amides is 2. The molecule has 2 aromatic carbocycles. The minimum atomic E-state index is -1.19. The fraction of sp³-hybridized carbons (Fsp3) is 0.375. The van der Waals surface area contributed by atoms with Crippen molar-refractivity contribution in [1.29, 1.82) is 0 Å². The van der Waals surface area contributed by atoms with E-state index in [1.165, 1.54) is 0 Å². The van der Waals surface area contributed by atoms with Gasteiger partial charge in [-0.05, 0) is 47.1 Å². The van der Waals surface area contributed by atoms with Crippen molar-refractivity contribution < 1.29 is 24.2 Å². The standard InChI is InChI=1S/C24H28N2O5S/c1-32-13-7-6-12-25-23(29)21(14-22(27)28)26-24(30)31-15-20-18-10-4-2-8-16(18)17-9-3-5-11-19(17)20/h2-5,8-11,20-21H,6-7,12-15H2,1H3,(H,25,29)(H,26,30)(H,27,28). The summed E-state index contributed by atoms with van der Waals surface area (Å²) in [6.07, 6.45) is 2.43. The van der Waals surface area contributed by atoms with Gasteiger partial charge in [0.25, 0.3) is 0 Å². The van der Waals surface area contributed by atoms with Crippen LogP contribution in [0.3, 0.4) is 0 Å². The number of ether oxygens (including phenoxy) is 1. The first-order valence-corrected chi connectivity index (χ1v) is 12.0. The second kappa shape index (κ2) is 11.6. The predicted octanol–water partition coefficient (Wildman–Crippen LogP) is 3.63. The van der Waals surface area contributed by atoms with Crippen LogP contribution in [0.15, 0.2) is 48.5 Å². The van der Waals surface area contributed by atoms with Crippen LogP contribution in [0.4, 0.5) is 4.79 Å². The zero-order valence-corrected chi connectivity index (χ0v) is 18.8. The van der Waals surface area contributed by atoms with Gasteiger partial charge in [0, 0.05) is 12.5 Å². The zero-order chi connectivity index (χ0) is 22.9. The van der Waals surface area contributed by atoms with Crippen molar-refractivity contribution in [1.82, 2.24) is 10.6 Å². The number of alkyl carbamates (subject to hydrolysis) is 1. The lowest BCUT2D eigenvalue weighted by Crippen LogP contribution is -2.48. The highest BCUT2D eigenvalue weighted by atomic mass is 32.2. The molecule has 0 saturated carbocycles. The number of benzene rings is 2. The van der Waals surface area contributed by atoms with Crippen molar-refractivity contribution in [3.8, 4) is 11.1 Å². The molecule has 3 rings (SSSR count). The fourth-order valence-corrected chi connectivity index (χ4v) is 4.37. The van der Waals surface area contributed by atoms with E-state index in [0.29, 0.717) is 6.54 Å². The van der Waals surface area contributed by atoms with Crippen LogP contribution < -0.4 is 10.6 Å². The van der Waals surface area contributed by atoms with Gasteiger partial charge in [-0.1, -0.05) is 48.5 Å². The second-order valence-electron chi connectivity index (χ2n) is 7.61. The van der Waals surface area contributed by atoms with Crippen LogP contribution in [0, 0.1) is 0 Å². The van der Waals surface area contributed by atoms with Gasteiger partial charge in [-0.25, -0.2) is 4.79 Å². The number of carboxylic acids is 1. The first kappa shape index (κ1) is 23.7. The largest absolute Gasteiger partial charge is 0.481 e. The Balaban J connectivity index is 1.58. The van der Waals surface area contributed by atoms with Crippen LogP contribution in [0.2, 0.25) is 0 Å². The Bertz CT molecular complexity index is 919. The Morgan fingerprint density at radius 2 is 1.66 bits per heavy atom. The SMILES string of the molecule is CSCCCCNC(=O)C(CC(=O)O)NC(=O)OCC1c2ccccc2-c2ccccc21. The van der Waals surface area contributed by atoms with E-state index in [2.05, 4.69) is 10.6 Å². The molecule has 0 radical (unpaired) electrons. The summed E-state index contributed by atoms with van der Waals surface area (Å²) in [6, 6.07) is 14.8. The number of carbonyl (C=O) groups is 3. The third kappa shape index (κ3) is 6.03. The summed E-state index contributed by atoms with van der Waals surface area (Å²) in [5.41, 5.74) is 4.38. The number of thioether (sulfide) groups is 1. The molecule has 0 heterocycles. The van der Waals surface area contributed by atoms with Crippen molar-refractivity contribution in [2.45, 2.75) is 31.2 Å². The number of unbranched alkanes of at least 4 members (excludes halogenated alkanes) is 1. The molecule has 2 aromatic rings. The van der Waals surface area contributed by atoms with Gasteiger partial charge in [0.15, 0.2) is 0 Å². The summed E-state index contributed by atoms with van der Waals surface area (Å²) < 4.78 is 5.43. The number of fused-ring (bicyclic) bond motifs is 3. The van der Waals surface area contributed by atoms with Crippen LogP contribution in [0.25, 0.3) is 11.1 Å². The normalized spacial score (nSPS) is 13.0. The van der Waals surface area contributed by atoms with Gasteiger partial charge < -0.3 is 20.5 Å². The van der Waals surface area contributed by atoms with Gasteiger partial charge in [-0.2, -0.15) is 11.8 Å². The first-order valence-electron chi connectivity index (χ1n) is 10.6.